The molecule has 4 aromatic heterocycles. The van der Waals surface area contributed by atoms with Gasteiger partial charge in [0.2, 0.25) is 0 Å². The van der Waals surface area contributed by atoms with Crippen LogP contribution in [-0.4, -0.2) is 9.97 Å². The number of thiophene rings is 2. The lowest BCUT2D eigenvalue weighted by molar-refractivity contribution is 1.49. The van der Waals surface area contributed by atoms with Gasteiger partial charge in [-0.3, -0.25) is 0 Å². The lowest BCUT2D eigenvalue weighted by Gasteiger charge is -1.86. The molecule has 0 spiro atoms. The Morgan fingerprint density at radius 2 is 1.48 bits per heavy atom. The first kappa shape index (κ1) is 13.8. The predicted octanol–water partition coefficient (Wildman–Crippen LogP) is 6.67. The van der Waals surface area contributed by atoms with Crippen molar-refractivity contribution in [3.05, 3.63) is 46.7 Å². The summed E-state index contributed by atoms with van der Waals surface area (Å²) in [6.45, 7) is 2.13. The number of hydrogen-bond donors (Lipinski definition) is 0. The molecule has 0 bridgehead atoms. The quantitative estimate of drug-likeness (QED) is 0.347. The second-order valence-electron chi connectivity index (χ2n) is 5.21. The third-order valence-corrected chi connectivity index (χ3v) is 7.83. The maximum Gasteiger partial charge on any atom is 0.134 e. The molecule has 4 heterocycles. The van der Waals surface area contributed by atoms with E-state index in [9.17, 15) is 0 Å². The van der Waals surface area contributed by atoms with Gasteiger partial charge in [0.25, 0.3) is 0 Å². The maximum absolute atomic E-state index is 4.83. The minimum absolute atomic E-state index is 1.07. The maximum atomic E-state index is 4.83. The number of benzene rings is 1. The zero-order chi connectivity index (χ0) is 15.4. The Hall–Kier alpha value is -1.60. The second-order valence-corrected chi connectivity index (χ2v) is 9.51. The molecule has 2 nitrogen and oxygen atoms in total. The number of aromatic nitrogens is 2. The van der Waals surface area contributed by atoms with Gasteiger partial charge < -0.3 is 0 Å². The molecular weight excluding hydrogens is 360 g/mol. The van der Waals surface area contributed by atoms with Crippen LogP contribution in [0.1, 0.15) is 4.88 Å². The molecule has 0 unspecified atom stereocenters. The van der Waals surface area contributed by atoms with Crippen molar-refractivity contribution in [3.8, 4) is 19.8 Å². The summed E-state index contributed by atoms with van der Waals surface area (Å²) in [6, 6.07) is 12.9. The van der Waals surface area contributed by atoms with Crippen LogP contribution >= 0.6 is 45.3 Å². The Balaban J connectivity index is 1.66. The molecule has 0 saturated heterocycles. The first-order valence-electron chi connectivity index (χ1n) is 7.08. The van der Waals surface area contributed by atoms with E-state index in [2.05, 4.69) is 48.7 Å². The van der Waals surface area contributed by atoms with E-state index in [1.54, 1.807) is 45.3 Å². The monoisotopic (exact) mass is 370 g/mol. The van der Waals surface area contributed by atoms with Crippen molar-refractivity contribution >= 4 is 65.8 Å². The first-order valence-corrected chi connectivity index (χ1v) is 10.4. The summed E-state index contributed by atoms with van der Waals surface area (Å²) in [6.07, 6.45) is 0. The molecule has 0 N–H and O–H groups in total. The summed E-state index contributed by atoms with van der Waals surface area (Å²) < 4.78 is 2.42. The molecule has 0 aliphatic carbocycles. The van der Waals surface area contributed by atoms with Gasteiger partial charge in [0.05, 0.1) is 30.2 Å². The summed E-state index contributed by atoms with van der Waals surface area (Å²) in [5, 5.41) is 4.30. The zero-order valence-corrected chi connectivity index (χ0v) is 15.3. The minimum atomic E-state index is 1.07. The van der Waals surface area contributed by atoms with E-state index in [4.69, 9.17) is 9.97 Å². The smallest absolute Gasteiger partial charge is 0.134 e. The molecule has 5 aromatic rings. The Kier molecular flexibility index (Phi) is 3.12. The van der Waals surface area contributed by atoms with E-state index in [1.165, 1.54) is 24.0 Å². The first-order chi connectivity index (χ1) is 11.3. The molecule has 112 valence electrons. The van der Waals surface area contributed by atoms with Crippen LogP contribution in [0.5, 0.6) is 0 Å². The van der Waals surface area contributed by atoms with E-state index < -0.39 is 0 Å². The third-order valence-electron chi connectivity index (χ3n) is 3.58. The van der Waals surface area contributed by atoms with Crippen LogP contribution in [0.3, 0.4) is 0 Å². The fourth-order valence-corrected chi connectivity index (χ4v) is 6.19. The summed E-state index contributed by atoms with van der Waals surface area (Å²) in [7, 11) is 0. The highest BCUT2D eigenvalue weighted by Crippen LogP contribution is 2.38. The lowest BCUT2D eigenvalue weighted by atomic mass is 10.3. The van der Waals surface area contributed by atoms with Gasteiger partial charge in [0.15, 0.2) is 0 Å². The average Bonchev–Trinajstić information content (AvgIpc) is 3.29. The fraction of sp³-hybridized carbons (Fsp3) is 0.0588. The van der Waals surface area contributed by atoms with Crippen LogP contribution in [0.25, 0.3) is 40.2 Å². The second kappa shape index (κ2) is 5.21. The molecule has 5 rings (SSSR count). The minimum Gasteiger partial charge on any atom is -0.235 e. The van der Waals surface area contributed by atoms with Crippen molar-refractivity contribution in [1.29, 1.82) is 0 Å². The molecular formula is C17H10N2S4. The Labute approximate surface area is 148 Å². The van der Waals surface area contributed by atoms with Gasteiger partial charge in [-0.15, -0.1) is 45.3 Å². The van der Waals surface area contributed by atoms with Crippen molar-refractivity contribution in [2.45, 2.75) is 6.92 Å². The van der Waals surface area contributed by atoms with Gasteiger partial charge >= 0.3 is 0 Å². The summed E-state index contributed by atoms with van der Waals surface area (Å²) in [5.74, 6) is 0. The number of rotatable bonds is 2. The predicted molar refractivity (Wildman–Crippen MR) is 104 cm³/mol. The van der Waals surface area contributed by atoms with Gasteiger partial charge in [0, 0.05) is 4.88 Å². The topological polar surface area (TPSA) is 25.8 Å². The van der Waals surface area contributed by atoms with Crippen LogP contribution in [0.4, 0.5) is 0 Å². The molecule has 6 heteroatoms. The fourth-order valence-electron chi connectivity index (χ4n) is 2.51. The van der Waals surface area contributed by atoms with E-state index in [1.807, 2.05) is 0 Å². The van der Waals surface area contributed by atoms with Crippen molar-refractivity contribution in [3.63, 3.8) is 0 Å². The largest absolute Gasteiger partial charge is 0.235 e. The SMILES string of the molecule is Cc1ccc(-c2nc3cc4sc(-c5cccs5)nc4cc3s2)s1. The van der Waals surface area contributed by atoms with Crippen molar-refractivity contribution in [2.24, 2.45) is 0 Å². The van der Waals surface area contributed by atoms with Gasteiger partial charge in [0.1, 0.15) is 10.0 Å². The van der Waals surface area contributed by atoms with E-state index in [-0.39, 0.29) is 0 Å². The third kappa shape index (κ3) is 2.33. The highest BCUT2D eigenvalue weighted by Gasteiger charge is 2.12. The van der Waals surface area contributed by atoms with Crippen LogP contribution in [0.2, 0.25) is 0 Å². The van der Waals surface area contributed by atoms with Crippen molar-refractivity contribution in [1.82, 2.24) is 9.97 Å². The van der Waals surface area contributed by atoms with Gasteiger partial charge in [-0.25, -0.2) is 9.97 Å². The summed E-state index contributed by atoms with van der Waals surface area (Å²) in [5.41, 5.74) is 2.15. The standard InChI is InChI=1S/C17H10N2S4/c1-9-4-5-13(21-9)17-19-11-8-14-10(7-15(11)23-17)18-16(22-14)12-3-2-6-20-12/h2-8H,1H3. The number of fused-ring (bicyclic) bond motifs is 2. The average molecular weight is 371 g/mol. The Bertz CT molecular complexity index is 1080. The number of aryl methyl sites for hydroxylation is 1. The molecule has 0 atom stereocenters. The number of thiazole rings is 2. The molecule has 0 amide bonds. The molecule has 0 radical (unpaired) electrons. The molecule has 0 fully saturated rings. The molecule has 0 aliphatic rings. The summed E-state index contributed by atoms with van der Waals surface area (Å²) in [4.78, 5) is 13.4. The number of hydrogen-bond acceptors (Lipinski definition) is 6. The van der Waals surface area contributed by atoms with Crippen LogP contribution in [0.15, 0.2) is 41.8 Å². The van der Waals surface area contributed by atoms with Crippen LogP contribution in [-0.2, 0) is 0 Å². The molecule has 0 saturated carbocycles. The van der Waals surface area contributed by atoms with Crippen molar-refractivity contribution in [2.75, 3.05) is 0 Å². The molecule has 0 aliphatic heterocycles. The van der Waals surface area contributed by atoms with Crippen molar-refractivity contribution < 1.29 is 0 Å². The highest BCUT2D eigenvalue weighted by molar-refractivity contribution is 7.26. The van der Waals surface area contributed by atoms with Crippen LogP contribution < -0.4 is 0 Å². The van der Waals surface area contributed by atoms with E-state index in [0.29, 0.717) is 0 Å². The lowest BCUT2D eigenvalue weighted by Crippen LogP contribution is -1.71. The van der Waals surface area contributed by atoms with E-state index in [0.717, 1.165) is 21.0 Å². The Morgan fingerprint density at radius 3 is 2.04 bits per heavy atom. The van der Waals surface area contributed by atoms with E-state index >= 15 is 0 Å². The Morgan fingerprint density at radius 1 is 0.783 bits per heavy atom. The summed E-state index contributed by atoms with van der Waals surface area (Å²) >= 11 is 7.03. The normalized spacial score (nSPS) is 11.7. The van der Waals surface area contributed by atoms with Gasteiger partial charge in [-0.05, 0) is 42.6 Å². The van der Waals surface area contributed by atoms with Gasteiger partial charge in [-0.1, -0.05) is 6.07 Å². The van der Waals surface area contributed by atoms with Crippen LogP contribution in [0, 0.1) is 6.92 Å². The molecule has 23 heavy (non-hydrogen) atoms. The van der Waals surface area contributed by atoms with Gasteiger partial charge in [-0.2, -0.15) is 0 Å². The highest BCUT2D eigenvalue weighted by atomic mass is 32.1. The number of nitrogens with zero attached hydrogens (tertiary/aromatic N) is 2. The zero-order valence-electron chi connectivity index (χ0n) is 12.1. The molecule has 1 aromatic carbocycles.